The van der Waals surface area contributed by atoms with Crippen LogP contribution in [0.5, 0.6) is 0 Å². The summed E-state index contributed by atoms with van der Waals surface area (Å²) in [5.74, 6) is 5.30. The standard InChI is InChI=1S/C13H12/c1-4-8-13(9-5-2)10-6-12(3)7-11-13/h1-2,6-7,10-11H,3,8-9H2. The molecule has 0 unspecified atom stereocenters. The number of hydrogen-bond donors (Lipinski definition) is 0. The molecule has 0 atom stereocenters. The van der Waals surface area contributed by atoms with Gasteiger partial charge in [0.15, 0.2) is 0 Å². The summed E-state index contributed by atoms with van der Waals surface area (Å²) in [5.41, 5.74) is 0.856. The Labute approximate surface area is 80.0 Å². The predicted octanol–water partition coefficient (Wildman–Crippen LogP) is 2.70. The molecule has 0 aliphatic heterocycles. The average Bonchev–Trinajstić information content (AvgIpc) is 2.11. The van der Waals surface area contributed by atoms with E-state index in [2.05, 4.69) is 30.6 Å². The van der Waals surface area contributed by atoms with Gasteiger partial charge >= 0.3 is 0 Å². The fourth-order valence-electron chi connectivity index (χ4n) is 1.34. The van der Waals surface area contributed by atoms with Crippen LogP contribution >= 0.6 is 0 Å². The molecule has 0 saturated carbocycles. The first kappa shape index (κ1) is 9.43. The third-order valence-electron chi connectivity index (χ3n) is 2.12. The number of terminal acetylenes is 2. The van der Waals surface area contributed by atoms with Gasteiger partial charge in [0, 0.05) is 18.3 Å². The van der Waals surface area contributed by atoms with E-state index in [-0.39, 0.29) is 5.41 Å². The first-order valence-corrected chi connectivity index (χ1v) is 4.17. The Morgan fingerprint density at radius 2 is 1.62 bits per heavy atom. The van der Waals surface area contributed by atoms with E-state index in [0.717, 1.165) is 5.57 Å². The van der Waals surface area contributed by atoms with Crippen molar-refractivity contribution in [3.8, 4) is 24.7 Å². The van der Waals surface area contributed by atoms with Crippen LogP contribution in [0.1, 0.15) is 12.8 Å². The van der Waals surface area contributed by atoms with Crippen LogP contribution in [0, 0.1) is 30.1 Å². The molecular weight excluding hydrogens is 156 g/mol. The Kier molecular flexibility index (Phi) is 2.78. The summed E-state index contributed by atoms with van der Waals surface area (Å²) in [5, 5.41) is 0. The second kappa shape index (κ2) is 3.83. The normalized spacial score (nSPS) is 17.8. The van der Waals surface area contributed by atoms with Gasteiger partial charge in [0.1, 0.15) is 0 Å². The maximum absolute atomic E-state index is 5.30. The molecule has 0 N–H and O–H groups in total. The molecule has 0 spiro atoms. The summed E-state index contributed by atoms with van der Waals surface area (Å²) in [6.45, 7) is 3.82. The summed E-state index contributed by atoms with van der Waals surface area (Å²) in [4.78, 5) is 0. The Hall–Kier alpha value is -1.66. The van der Waals surface area contributed by atoms with Gasteiger partial charge in [-0.3, -0.25) is 0 Å². The van der Waals surface area contributed by atoms with Gasteiger partial charge in [0.25, 0.3) is 0 Å². The van der Waals surface area contributed by atoms with Gasteiger partial charge < -0.3 is 0 Å². The molecule has 0 aromatic rings. The molecule has 0 bridgehead atoms. The van der Waals surface area contributed by atoms with Crippen LogP contribution in [-0.4, -0.2) is 0 Å². The monoisotopic (exact) mass is 168 g/mol. The molecule has 0 radical (unpaired) electrons. The van der Waals surface area contributed by atoms with Crippen LogP contribution in [0.15, 0.2) is 36.5 Å². The summed E-state index contributed by atoms with van der Waals surface area (Å²) in [7, 11) is 0. The van der Waals surface area contributed by atoms with E-state index in [4.69, 9.17) is 12.8 Å². The van der Waals surface area contributed by atoms with E-state index < -0.39 is 0 Å². The number of allylic oxidation sites excluding steroid dienone is 5. The third kappa shape index (κ3) is 2.14. The lowest BCUT2D eigenvalue weighted by molar-refractivity contribution is 0.521. The van der Waals surface area contributed by atoms with Crippen LogP contribution < -0.4 is 0 Å². The minimum Gasteiger partial charge on any atom is -0.120 e. The van der Waals surface area contributed by atoms with Crippen LogP contribution in [0.3, 0.4) is 0 Å². The molecular formula is C13H12. The van der Waals surface area contributed by atoms with Crippen molar-refractivity contribution in [1.29, 1.82) is 0 Å². The molecule has 64 valence electrons. The third-order valence-corrected chi connectivity index (χ3v) is 2.12. The summed E-state index contributed by atoms with van der Waals surface area (Å²) < 4.78 is 0. The zero-order chi connectivity index (χ0) is 9.73. The molecule has 0 heterocycles. The molecule has 0 nitrogen and oxygen atoms in total. The highest BCUT2D eigenvalue weighted by atomic mass is 14.3. The van der Waals surface area contributed by atoms with Crippen molar-refractivity contribution in [3.63, 3.8) is 0 Å². The van der Waals surface area contributed by atoms with E-state index in [1.807, 2.05) is 12.2 Å². The van der Waals surface area contributed by atoms with Gasteiger partial charge in [-0.05, 0) is 5.57 Å². The van der Waals surface area contributed by atoms with Gasteiger partial charge in [-0.25, -0.2) is 0 Å². The Morgan fingerprint density at radius 1 is 1.15 bits per heavy atom. The second-order valence-corrected chi connectivity index (χ2v) is 3.24. The second-order valence-electron chi connectivity index (χ2n) is 3.24. The fraction of sp³-hybridized carbons (Fsp3) is 0.231. The van der Waals surface area contributed by atoms with Gasteiger partial charge in [-0.2, -0.15) is 0 Å². The highest BCUT2D eigenvalue weighted by Crippen LogP contribution is 2.33. The van der Waals surface area contributed by atoms with Crippen molar-refractivity contribution in [3.05, 3.63) is 36.5 Å². The first-order chi connectivity index (χ1) is 6.22. The van der Waals surface area contributed by atoms with Crippen molar-refractivity contribution < 1.29 is 0 Å². The van der Waals surface area contributed by atoms with E-state index in [1.165, 1.54) is 0 Å². The zero-order valence-electron chi connectivity index (χ0n) is 7.59. The highest BCUT2D eigenvalue weighted by molar-refractivity contribution is 5.38. The fourth-order valence-corrected chi connectivity index (χ4v) is 1.34. The van der Waals surface area contributed by atoms with Gasteiger partial charge in [0.2, 0.25) is 0 Å². The van der Waals surface area contributed by atoms with Crippen molar-refractivity contribution in [2.24, 2.45) is 5.41 Å². The number of hydrogen-bond acceptors (Lipinski definition) is 0. The minimum absolute atomic E-state index is 0.134. The minimum atomic E-state index is -0.134. The zero-order valence-corrected chi connectivity index (χ0v) is 7.59. The van der Waals surface area contributed by atoms with E-state index in [9.17, 15) is 0 Å². The Balaban J connectivity index is 2.89. The molecule has 0 aromatic heterocycles. The molecule has 0 saturated heterocycles. The van der Waals surface area contributed by atoms with E-state index in [0.29, 0.717) is 12.8 Å². The van der Waals surface area contributed by atoms with Crippen LogP contribution in [0.4, 0.5) is 0 Å². The smallest absolute Gasteiger partial charge is 0.0286 e. The van der Waals surface area contributed by atoms with Gasteiger partial charge in [-0.1, -0.05) is 30.9 Å². The molecule has 0 heteroatoms. The van der Waals surface area contributed by atoms with Crippen molar-refractivity contribution in [2.75, 3.05) is 0 Å². The maximum atomic E-state index is 5.30. The van der Waals surface area contributed by atoms with Crippen molar-refractivity contribution >= 4 is 0 Å². The topological polar surface area (TPSA) is 0 Å². The van der Waals surface area contributed by atoms with Crippen LogP contribution in [-0.2, 0) is 0 Å². The van der Waals surface area contributed by atoms with E-state index in [1.54, 1.807) is 0 Å². The van der Waals surface area contributed by atoms with Crippen LogP contribution in [0.25, 0.3) is 0 Å². The van der Waals surface area contributed by atoms with Crippen molar-refractivity contribution in [2.45, 2.75) is 12.8 Å². The molecule has 1 aliphatic carbocycles. The lowest BCUT2D eigenvalue weighted by Crippen LogP contribution is -2.15. The largest absolute Gasteiger partial charge is 0.120 e. The Morgan fingerprint density at radius 3 is 2.00 bits per heavy atom. The lowest BCUT2D eigenvalue weighted by Gasteiger charge is -2.25. The highest BCUT2D eigenvalue weighted by Gasteiger charge is 2.23. The SMILES string of the molecule is C#CCC1(CC#C)C=CC(=C)C=C1. The molecule has 1 aliphatic rings. The average molecular weight is 168 g/mol. The number of rotatable bonds is 2. The Bertz CT molecular complexity index is 305. The predicted molar refractivity (Wildman–Crippen MR) is 56.8 cm³/mol. The van der Waals surface area contributed by atoms with E-state index >= 15 is 0 Å². The summed E-state index contributed by atoms with van der Waals surface area (Å²) in [6.07, 6.45) is 19.9. The van der Waals surface area contributed by atoms with Gasteiger partial charge in [0.05, 0.1) is 0 Å². The molecule has 1 rings (SSSR count). The lowest BCUT2D eigenvalue weighted by atomic mass is 9.78. The van der Waals surface area contributed by atoms with Crippen molar-refractivity contribution in [1.82, 2.24) is 0 Å². The molecule has 0 amide bonds. The van der Waals surface area contributed by atoms with Crippen LogP contribution in [0.2, 0.25) is 0 Å². The molecule has 0 fully saturated rings. The quantitative estimate of drug-likeness (QED) is 0.556. The summed E-state index contributed by atoms with van der Waals surface area (Å²) >= 11 is 0. The first-order valence-electron chi connectivity index (χ1n) is 4.17. The molecule has 13 heavy (non-hydrogen) atoms. The molecule has 0 aromatic carbocycles. The van der Waals surface area contributed by atoms with Gasteiger partial charge in [-0.15, -0.1) is 24.7 Å². The maximum Gasteiger partial charge on any atom is 0.0286 e. The summed E-state index contributed by atoms with van der Waals surface area (Å²) in [6, 6.07) is 0.